The van der Waals surface area contributed by atoms with Crippen molar-refractivity contribution in [3.63, 3.8) is 0 Å². The number of nitrogens with zero attached hydrogens (tertiary/aromatic N) is 3. The third-order valence-corrected chi connectivity index (χ3v) is 5.96. The molecule has 3 aliphatic rings. The molecule has 158 valence electrons. The second-order valence-electron chi connectivity index (χ2n) is 8.20. The minimum Gasteiger partial charge on any atom is -0.486 e. The van der Waals surface area contributed by atoms with E-state index in [-0.39, 0.29) is 0 Å². The van der Waals surface area contributed by atoms with Gasteiger partial charge in [-0.05, 0) is 37.6 Å². The van der Waals surface area contributed by atoms with Crippen LogP contribution in [0.4, 0.5) is 0 Å². The van der Waals surface area contributed by atoms with Crippen LogP contribution >= 0.6 is 0 Å². The number of piperidine rings is 1. The number of rotatable bonds is 5. The van der Waals surface area contributed by atoms with E-state index < -0.39 is 0 Å². The highest BCUT2D eigenvalue weighted by Crippen LogP contribution is 2.31. The summed E-state index contributed by atoms with van der Waals surface area (Å²) in [5.41, 5.74) is 1.28. The Balaban J connectivity index is 1.13. The first-order valence-corrected chi connectivity index (χ1v) is 10.9. The molecule has 0 aromatic heterocycles. The fraction of sp³-hybridized carbons (Fsp3) is 0.652. The Kier molecular flexibility index (Phi) is 7.28. The largest absolute Gasteiger partial charge is 0.486 e. The standard InChI is InChI=1S/C23H33N3O3/c1-24-11-13-25(14-12-24)8-2-3-15-27-21-6-9-26(10-7-21)19-20-4-5-22-23(18-20)29-17-16-28-22/h4-5,18,21H,6-17,19H2,1H3. The molecule has 29 heavy (non-hydrogen) atoms. The van der Waals surface area contributed by atoms with Crippen LogP contribution in [0.3, 0.4) is 0 Å². The van der Waals surface area contributed by atoms with Crippen LogP contribution in [0.2, 0.25) is 0 Å². The number of likely N-dealkylation sites (N-methyl/N-ethyl adjacent to an activating group) is 1. The van der Waals surface area contributed by atoms with Crippen molar-refractivity contribution in [2.24, 2.45) is 0 Å². The number of fused-ring (bicyclic) bond motifs is 1. The summed E-state index contributed by atoms with van der Waals surface area (Å²) in [6, 6.07) is 6.29. The van der Waals surface area contributed by atoms with E-state index >= 15 is 0 Å². The zero-order valence-corrected chi connectivity index (χ0v) is 17.6. The first-order chi connectivity index (χ1) is 14.3. The van der Waals surface area contributed by atoms with Crippen LogP contribution in [0.15, 0.2) is 18.2 Å². The van der Waals surface area contributed by atoms with Crippen LogP contribution in [0.1, 0.15) is 18.4 Å². The van der Waals surface area contributed by atoms with Crippen LogP contribution in [-0.2, 0) is 11.3 Å². The molecule has 3 aliphatic heterocycles. The van der Waals surface area contributed by atoms with Crippen molar-refractivity contribution in [2.75, 3.05) is 72.7 Å². The predicted octanol–water partition coefficient (Wildman–Crippen LogP) is 1.69. The molecule has 0 bridgehead atoms. The van der Waals surface area contributed by atoms with Gasteiger partial charge in [0.05, 0.1) is 12.6 Å². The molecule has 2 fully saturated rings. The van der Waals surface area contributed by atoms with E-state index in [1.165, 1.54) is 5.56 Å². The summed E-state index contributed by atoms with van der Waals surface area (Å²) >= 11 is 0. The van der Waals surface area contributed by atoms with Crippen molar-refractivity contribution in [3.05, 3.63) is 23.8 Å². The topological polar surface area (TPSA) is 37.4 Å². The third-order valence-electron chi connectivity index (χ3n) is 5.96. The summed E-state index contributed by atoms with van der Waals surface area (Å²) in [6.45, 7) is 10.3. The van der Waals surface area contributed by atoms with Gasteiger partial charge >= 0.3 is 0 Å². The van der Waals surface area contributed by atoms with Crippen LogP contribution in [0, 0.1) is 11.8 Å². The molecule has 0 N–H and O–H groups in total. The van der Waals surface area contributed by atoms with E-state index in [9.17, 15) is 0 Å². The van der Waals surface area contributed by atoms with E-state index in [4.69, 9.17) is 14.2 Å². The quantitative estimate of drug-likeness (QED) is 0.702. The normalized spacial score (nSPS) is 21.6. The number of benzene rings is 1. The van der Waals surface area contributed by atoms with Gasteiger partial charge in [0.15, 0.2) is 11.5 Å². The summed E-state index contributed by atoms with van der Waals surface area (Å²) in [5, 5.41) is 0. The maximum absolute atomic E-state index is 6.00. The maximum atomic E-state index is 6.00. The molecule has 2 saturated heterocycles. The minimum absolute atomic E-state index is 0.337. The molecule has 1 aromatic carbocycles. The predicted molar refractivity (Wildman–Crippen MR) is 113 cm³/mol. The molecule has 0 unspecified atom stereocenters. The highest BCUT2D eigenvalue weighted by molar-refractivity contribution is 5.43. The number of hydrogen-bond donors (Lipinski definition) is 0. The molecule has 0 spiro atoms. The van der Waals surface area contributed by atoms with Gasteiger partial charge < -0.3 is 19.1 Å². The molecular formula is C23H33N3O3. The van der Waals surface area contributed by atoms with Crippen LogP contribution < -0.4 is 9.47 Å². The Hall–Kier alpha value is -1.78. The van der Waals surface area contributed by atoms with Gasteiger partial charge in [-0.2, -0.15) is 0 Å². The first-order valence-electron chi connectivity index (χ1n) is 10.9. The first kappa shape index (κ1) is 20.5. The van der Waals surface area contributed by atoms with Gasteiger partial charge in [-0.1, -0.05) is 17.9 Å². The molecule has 6 heteroatoms. The second kappa shape index (κ2) is 10.3. The van der Waals surface area contributed by atoms with Gasteiger partial charge in [-0.15, -0.1) is 0 Å². The van der Waals surface area contributed by atoms with Gasteiger partial charge in [0, 0.05) is 45.8 Å². The van der Waals surface area contributed by atoms with Gasteiger partial charge in [0.2, 0.25) is 0 Å². The molecular weight excluding hydrogens is 366 g/mol. The van der Waals surface area contributed by atoms with Crippen molar-refractivity contribution in [2.45, 2.75) is 25.5 Å². The lowest BCUT2D eigenvalue weighted by Crippen LogP contribution is -2.44. The Morgan fingerprint density at radius 2 is 1.69 bits per heavy atom. The Morgan fingerprint density at radius 3 is 2.48 bits per heavy atom. The Morgan fingerprint density at radius 1 is 0.931 bits per heavy atom. The van der Waals surface area contributed by atoms with Gasteiger partial charge in [0.25, 0.3) is 0 Å². The fourth-order valence-corrected chi connectivity index (χ4v) is 4.06. The lowest BCUT2D eigenvalue weighted by molar-refractivity contribution is 0.0225. The van der Waals surface area contributed by atoms with E-state index in [0.717, 1.165) is 76.7 Å². The molecule has 3 heterocycles. The summed E-state index contributed by atoms with van der Waals surface area (Å²) in [4.78, 5) is 7.28. The molecule has 0 radical (unpaired) electrons. The van der Waals surface area contributed by atoms with Crippen LogP contribution in [0.5, 0.6) is 11.5 Å². The SMILES string of the molecule is CN1CCN(CC#CCOC2CCN(Cc3ccc4c(c3)OCCO4)CC2)CC1. The van der Waals surface area contributed by atoms with Gasteiger partial charge in [-0.3, -0.25) is 9.80 Å². The number of hydrogen-bond acceptors (Lipinski definition) is 6. The lowest BCUT2D eigenvalue weighted by Gasteiger charge is -2.32. The molecule has 0 saturated carbocycles. The van der Waals surface area contributed by atoms with E-state index in [1.54, 1.807) is 0 Å². The maximum Gasteiger partial charge on any atom is 0.161 e. The Labute approximate surface area is 174 Å². The Bertz CT molecular complexity index is 714. The summed E-state index contributed by atoms with van der Waals surface area (Å²) in [5.74, 6) is 8.22. The number of ether oxygens (including phenoxy) is 3. The molecule has 1 aromatic rings. The lowest BCUT2D eigenvalue weighted by atomic mass is 10.1. The second-order valence-corrected chi connectivity index (χ2v) is 8.20. The monoisotopic (exact) mass is 399 g/mol. The molecule has 4 rings (SSSR count). The van der Waals surface area contributed by atoms with Gasteiger partial charge in [0.1, 0.15) is 19.8 Å². The highest BCUT2D eigenvalue weighted by Gasteiger charge is 2.20. The smallest absolute Gasteiger partial charge is 0.161 e. The van der Waals surface area contributed by atoms with Crippen LogP contribution in [0.25, 0.3) is 0 Å². The molecule has 6 nitrogen and oxygen atoms in total. The summed E-state index contributed by atoms with van der Waals surface area (Å²) in [7, 11) is 2.18. The zero-order valence-electron chi connectivity index (χ0n) is 17.6. The summed E-state index contributed by atoms with van der Waals surface area (Å²) in [6.07, 6.45) is 2.49. The molecule has 0 aliphatic carbocycles. The van der Waals surface area contributed by atoms with Crippen molar-refractivity contribution < 1.29 is 14.2 Å². The zero-order chi connectivity index (χ0) is 19.9. The number of likely N-dealkylation sites (tertiary alicyclic amines) is 1. The molecule has 0 amide bonds. The molecule has 0 atom stereocenters. The van der Waals surface area contributed by atoms with E-state index in [0.29, 0.717) is 25.9 Å². The third kappa shape index (κ3) is 6.10. The fourth-order valence-electron chi connectivity index (χ4n) is 4.06. The summed E-state index contributed by atoms with van der Waals surface area (Å²) < 4.78 is 17.3. The van der Waals surface area contributed by atoms with Crippen molar-refractivity contribution in [1.82, 2.24) is 14.7 Å². The van der Waals surface area contributed by atoms with E-state index in [2.05, 4.69) is 45.7 Å². The van der Waals surface area contributed by atoms with Crippen molar-refractivity contribution in [3.8, 4) is 23.3 Å². The highest BCUT2D eigenvalue weighted by atomic mass is 16.6. The van der Waals surface area contributed by atoms with Gasteiger partial charge in [-0.25, -0.2) is 0 Å². The van der Waals surface area contributed by atoms with Crippen molar-refractivity contribution >= 4 is 0 Å². The average Bonchev–Trinajstić information content (AvgIpc) is 2.76. The minimum atomic E-state index is 0.337. The average molecular weight is 400 g/mol. The van der Waals surface area contributed by atoms with Crippen molar-refractivity contribution in [1.29, 1.82) is 0 Å². The number of piperazine rings is 1. The van der Waals surface area contributed by atoms with E-state index in [1.807, 2.05) is 6.07 Å². The van der Waals surface area contributed by atoms with Crippen LogP contribution in [-0.4, -0.2) is 93.5 Å².